The lowest BCUT2D eigenvalue weighted by molar-refractivity contribution is 0.632. The molecule has 1 nitrogen and oxygen atoms in total. The highest BCUT2D eigenvalue weighted by molar-refractivity contribution is 5.68. The van der Waals surface area contributed by atoms with Crippen molar-refractivity contribution in [3.8, 4) is 11.1 Å². The van der Waals surface area contributed by atoms with Gasteiger partial charge in [0.1, 0.15) is 5.82 Å². The van der Waals surface area contributed by atoms with Gasteiger partial charge in [0.15, 0.2) is 0 Å². The van der Waals surface area contributed by atoms with Gasteiger partial charge in [0.25, 0.3) is 0 Å². The third-order valence-electron chi connectivity index (χ3n) is 3.14. The van der Waals surface area contributed by atoms with Gasteiger partial charge in [0, 0.05) is 5.69 Å². The fraction of sp³-hybridized carbons (Fsp3) is 0. The summed E-state index contributed by atoms with van der Waals surface area (Å²) in [6.45, 7) is 0. The van der Waals surface area contributed by atoms with Crippen LogP contribution >= 0.6 is 0 Å². The van der Waals surface area contributed by atoms with Gasteiger partial charge in [-0.05, 0) is 35.4 Å². The lowest BCUT2D eigenvalue weighted by Crippen LogP contribution is -1.93. The van der Waals surface area contributed by atoms with E-state index in [1.807, 2.05) is 48.5 Å². The zero-order chi connectivity index (χ0) is 13.8. The molecule has 0 aliphatic heterocycles. The van der Waals surface area contributed by atoms with Gasteiger partial charge in [0.05, 0.1) is 5.69 Å². The largest absolute Gasteiger partial charge is 0.353 e. The Labute approximate surface area is 117 Å². The van der Waals surface area contributed by atoms with Crippen molar-refractivity contribution in [2.45, 2.75) is 0 Å². The van der Waals surface area contributed by atoms with Crippen LogP contribution in [0, 0.1) is 5.82 Å². The maximum atomic E-state index is 13.6. The van der Waals surface area contributed by atoms with E-state index in [2.05, 4.69) is 17.4 Å². The molecule has 0 bridgehead atoms. The molecule has 3 rings (SSSR count). The zero-order valence-electron chi connectivity index (χ0n) is 10.9. The maximum Gasteiger partial charge on any atom is 0.146 e. The summed E-state index contributed by atoms with van der Waals surface area (Å²) in [4.78, 5) is 0. The van der Waals surface area contributed by atoms with E-state index >= 15 is 0 Å². The third kappa shape index (κ3) is 2.69. The van der Waals surface area contributed by atoms with Gasteiger partial charge < -0.3 is 5.32 Å². The number of benzene rings is 3. The Morgan fingerprint density at radius 2 is 1.20 bits per heavy atom. The summed E-state index contributed by atoms with van der Waals surface area (Å²) < 4.78 is 13.6. The first-order chi connectivity index (χ1) is 9.83. The molecule has 1 N–H and O–H groups in total. The first kappa shape index (κ1) is 12.4. The van der Waals surface area contributed by atoms with Gasteiger partial charge in [-0.3, -0.25) is 0 Å². The minimum Gasteiger partial charge on any atom is -0.353 e. The molecule has 0 aliphatic carbocycles. The molecule has 0 amide bonds. The molecular formula is C18H14FN. The minimum atomic E-state index is -0.250. The second-order valence-corrected chi connectivity index (χ2v) is 4.55. The maximum absolute atomic E-state index is 13.6. The molecule has 0 atom stereocenters. The van der Waals surface area contributed by atoms with Crippen molar-refractivity contribution >= 4 is 11.4 Å². The number of nitrogens with one attached hydrogen (secondary N) is 1. The molecule has 0 aromatic heterocycles. The summed E-state index contributed by atoms with van der Waals surface area (Å²) in [5, 5.41) is 3.08. The van der Waals surface area contributed by atoms with Gasteiger partial charge in [-0.15, -0.1) is 0 Å². The number of anilines is 2. The Kier molecular flexibility index (Phi) is 3.46. The van der Waals surface area contributed by atoms with Crippen LogP contribution in [0.1, 0.15) is 0 Å². The number of hydrogen-bond acceptors (Lipinski definition) is 1. The van der Waals surface area contributed by atoms with Crippen molar-refractivity contribution in [1.82, 2.24) is 0 Å². The van der Waals surface area contributed by atoms with E-state index in [4.69, 9.17) is 0 Å². The zero-order valence-corrected chi connectivity index (χ0v) is 10.9. The predicted octanol–water partition coefficient (Wildman–Crippen LogP) is 5.24. The molecule has 0 unspecified atom stereocenters. The smallest absolute Gasteiger partial charge is 0.146 e. The molecule has 0 fully saturated rings. The van der Waals surface area contributed by atoms with E-state index in [1.165, 1.54) is 11.6 Å². The molecule has 0 spiro atoms. The summed E-state index contributed by atoms with van der Waals surface area (Å²) in [6.07, 6.45) is 0. The molecule has 2 heteroatoms. The second-order valence-electron chi connectivity index (χ2n) is 4.55. The van der Waals surface area contributed by atoms with Crippen molar-refractivity contribution in [2.24, 2.45) is 0 Å². The van der Waals surface area contributed by atoms with Gasteiger partial charge in [-0.2, -0.15) is 0 Å². The normalized spacial score (nSPS) is 10.2. The molecule has 0 radical (unpaired) electrons. The highest BCUT2D eigenvalue weighted by Gasteiger charge is 2.01. The highest BCUT2D eigenvalue weighted by atomic mass is 19.1. The van der Waals surface area contributed by atoms with Crippen LogP contribution in [0.5, 0.6) is 0 Å². The van der Waals surface area contributed by atoms with Crippen molar-refractivity contribution in [1.29, 1.82) is 0 Å². The van der Waals surface area contributed by atoms with Gasteiger partial charge in [-0.1, -0.05) is 54.6 Å². The Balaban J connectivity index is 1.82. The number of hydrogen-bond donors (Lipinski definition) is 1. The molecule has 0 heterocycles. The third-order valence-corrected chi connectivity index (χ3v) is 3.14. The first-order valence-electron chi connectivity index (χ1n) is 6.50. The summed E-state index contributed by atoms with van der Waals surface area (Å²) in [7, 11) is 0. The van der Waals surface area contributed by atoms with E-state index in [0.717, 1.165) is 11.3 Å². The van der Waals surface area contributed by atoms with Gasteiger partial charge in [-0.25, -0.2) is 4.39 Å². The molecule has 98 valence electrons. The van der Waals surface area contributed by atoms with Gasteiger partial charge in [0.2, 0.25) is 0 Å². The van der Waals surface area contributed by atoms with Crippen LogP contribution in [-0.4, -0.2) is 0 Å². The number of para-hydroxylation sites is 1. The molecule has 20 heavy (non-hydrogen) atoms. The molecule has 0 aliphatic rings. The quantitative estimate of drug-likeness (QED) is 0.681. The fourth-order valence-electron chi connectivity index (χ4n) is 2.09. The summed E-state index contributed by atoms with van der Waals surface area (Å²) in [6, 6.07) is 24.8. The van der Waals surface area contributed by atoms with Crippen molar-refractivity contribution in [3.63, 3.8) is 0 Å². The minimum absolute atomic E-state index is 0.250. The molecular weight excluding hydrogens is 249 g/mol. The summed E-state index contributed by atoms with van der Waals surface area (Å²) >= 11 is 0. The predicted molar refractivity (Wildman–Crippen MR) is 81.6 cm³/mol. The summed E-state index contributed by atoms with van der Waals surface area (Å²) in [5.41, 5.74) is 3.67. The van der Waals surface area contributed by atoms with Crippen LogP contribution < -0.4 is 5.32 Å². The van der Waals surface area contributed by atoms with Crippen LogP contribution in [0.2, 0.25) is 0 Å². The number of halogens is 1. The monoisotopic (exact) mass is 263 g/mol. The summed E-state index contributed by atoms with van der Waals surface area (Å²) in [5.74, 6) is -0.250. The molecule has 0 saturated heterocycles. The van der Waals surface area contributed by atoms with Crippen LogP contribution in [0.25, 0.3) is 11.1 Å². The molecule has 0 saturated carbocycles. The van der Waals surface area contributed by atoms with Crippen LogP contribution in [0.3, 0.4) is 0 Å². The Morgan fingerprint density at radius 1 is 0.600 bits per heavy atom. The topological polar surface area (TPSA) is 12.0 Å². The average molecular weight is 263 g/mol. The van der Waals surface area contributed by atoms with Crippen molar-refractivity contribution in [3.05, 3.63) is 84.7 Å². The average Bonchev–Trinajstić information content (AvgIpc) is 2.51. The fourth-order valence-corrected chi connectivity index (χ4v) is 2.09. The van der Waals surface area contributed by atoms with E-state index in [-0.39, 0.29) is 5.82 Å². The SMILES string of the molecule is Fc1ccccc1Nc1ccc(-c2ccccc2)cc1. The Morgan fingerprint density at radius 3 is 1.90 bits per heavy atom. The highest BCUT2D eigenvalue weighted by Crippen LogP contribution is 2.24. The van der Waals surface area contributed by atoms with E-state index in [0.29, 0.717) is 5.69 Å². The van der Waals surface area contributed by atoms with E-state index in [9.17, 15) is 4.39 Å². The van der Waals surface area contributed by atoms with Crippen LogP contribution in [-0.2, 0) is 0 Å². The van der Waals surface area contributed by atoms with Crippen molar-refractivity contribution < 1.29 is 4.39 Å². The van der Waals surface area contributed by atoms with Crippen LogP contribution in [0.4, 0.5) is 15.8 Å². The lowest BCUT2D eigenvalue weighted by Gasteiger charge is -2.08. The number of rotatable bonds is 3. The van der Waals surface area contributed by atoms with Crippen LogP contribution in [0.15, 0.2) is 78.9 Å². The second kappa shape index (κ2) is 5.57. The van der Waals surface area contributed by atoms with E-state index in [1.54, 1.807) is 12.1 Å². The van der Waals surface area contributed by atoms with Gasteiger partial charge >= 0.3 is 0 Å². The standard InChI is InChI=1S/C18H14FN/c19-17-8-4-5-9-18(17)20-16-12-10-15(11-13-16)14-6-2-1-3-7-14/h1-13,20H. The Bertz CT molecular complexity index is 690. The molecule has 3 aromatic rings. The lowest BCUT2D eigenvalue weighted by atomic mass is 10.1. The van der Waals surface area contributed by atoms with Crippen molar-refractivity contribution in [2.75, 3.05) is 5.32 Å². The first-order valence-corrected chi connectivity index (χ1v) is 6.50. The van der Waals surface area contributed by atoms with E-state index < -0.39 is 0 Å². The molecule has 3 aromatic carbocycles. The Hall–Kier alpha value is -2.61.